The minimum absolute atomic E-state index is 0.193. The SMILES string of the molecule is CCCCCC(=O)OC(C)c1cc(OCCCC(F)(F)C(F)(F)C(F)(F)C(F)(F)F)c(OCCCC(F)(F)C(F)(F)C(F)(F)C(F)(F)F)cc1[N+](=O)[O-]. The number of nitro groups is 1. The maximum absolute atomic E-state index is 13.9. The molecule has 308 valence electrons. The van der Waals surface area contributed by atoms with Gasteiger partial charge >= 0.3 is 53.9 Å². The van der Waals surface area contributed by atoms with Crippen LogP contribution in [0.15, 0.2) is 12.1 Å². The second kappa shape index (κ2) is 16.8. The van der Waals surface area contributed by atoms with E-state index in [4.69, 9.17) is 14.2 Å². The molecule has 7 nitrogen and oxygen atoms in total. The van der Waals surface area contributed by atoms with Gasteiger partial charge in [-0.05, 0) is 32.3 Å². The fraction of sp³-hybridized carbons (Fsp3) is 0.750. The van der Waals surface area contributed by atoms with Gasteiger partial charge in [0.05, 0.1) is 29.8 Å². The summed E-state index contributed by atoms with van der Waals surface area (Å²) in [5.74, 6) is -43.4. The van der Waals surface area contributed by atoms with Gasteiger partial charge in [0.1, 0.15) is 6.10 Å². The summed E-state index contributed by atoms with van der Waals surface area (Å²) in [7, 11) is 0. The Hall–Kier alpha value is -3.57. The average Bonchev–Trinajstić information content (AvgIpc) is 2.99. The number of nitrogens with zero attached hydrogens (tertiary/aromatic N) is 1. The predicted octanol–water partition coefficient (Wildman–Crippen LogP) is 11.0. The van der Waals surface area contributed by atoms with Crippen LogP contribution in [0.2, 0.25) is 0 Å². The fourth-order valence-electron chi connectivity index (χ4n) is 4.20. The second-order valence-electron chi connectivity index (χ2n) is 11.3. The summed E-state index contributed by atoms with van der Waals surface area (Å²) in [5, 5.41) is 11.8. The first-order valence-electron chi connectivity index (χ1n) is 14.9. The van der Waals surface area contributed by atoms with Gasteiger partial charge in [-0.3, -0.25) is 14.9 Å². The first-order chi connectivity index (χ1) is 23.7. The molecule has 0 aliphatic rings. The zero-order chi connectivity index (χ0) is 41.6. The molecule has 0 fully saturated rings. The number of alkyl halides is 18. The van der Waals surface area contributed by atoms with Crippen molar-refractivity contribution in [2.24, 2.45) is 0 Å². The minimum Gasteiger partial charge on any atom is -0.490 e. The Kier molecular flexibility index (Phi) is 15.1. The fourth-order valence-corrected chi connectivity index (χ4v) is 4.20. The predicted molar refractivity (Wildman–Crippen MR) is 143 cm³/mol. The summed E-state index contributed by atoms with van der Waals surface area (Å²) in [6.45, 7) is 0.154. The third-order valence-corrected chi connectivity index (χ3v) is 7.23. The van der Waals surface area contributed by atoms with Gasteiger partial charge in [0, 0.05) is 19.3 Å². The maximum Gasteiger partial charge on any atom is 0.460 e. The Morgan fingerprint density at radius 1 is 0.660 bits per heavy atom. The van der Waals surface area contributed by atoms with Gasteiger partial charge in [-0.2, -0.15) is 79.0 Å². The zero-order valence-electron chi connectivity index (χ0n) is 27.0. The average molecular weight is 818 g/mol. The molecule has 25 heteroatoms. The van der Waals surface area contributed by atoms with Crippen LogP contribution in [-0.4, -0.2) is 72.0 Å². The van der Waals surface area contributed by atoms with Gasteiger partial charge in [0.25, 0.3) is 5.69 Å². The molecule has 0 saturated heterocycles. The first kappa shape index (κ1) is 47.5. The Bertz CT molecular complexity index is 1400. The number of halogens is 18. The Morgan fingerprint density at radius 2 is 1.06 bits per heavy atom. The van der Waals surface area contributed by atoms with E-state index < -0.39 is 127 Å². The van der Waals surface area contributed by atoms with Crippen molar-refractivity contribution in [1.82, 2.24) is 0 Å². The molecule has 1 unspecified atom stereocenters. The molecular formula is C28H29F18NO6. The third-order valence-electron chi connectivity index (χ3n) is 7.23. The zero-order valence-corrected chi connectivity index (χ0v) is 27.0. The van der Waals surface area contributed by atoms with Gasteiger partial charge < -0.3 is 14.2 Å². The van der Waals surface area contributed by atoms with Crippen LogP contribution in [0.1, 0.15) is 76.9 Å². The van der Waals surface area contributed by atoms with Gasteiger partial charge in [-0.15, -0.1) is 0 Å². The molecule has 1 aromatic carbocycles. The molecule has 0 heterocycles. The van der Waals surface area contributed by atoms with E-state index in [1.807, 2.05) is 0 Å². The summed E-state index contributed by atoms with van der Waals surface area (Å²) in [6.07, 6.45) is -22.3. The highest BCUT2D eigenvalue weighted by Crippen LogP contribution is 2.55. The lowest BCUT2D eigenvalue weighted by Crippen LogP contribution is -2.60. The molecule has 0 aliphatic carbocycles. The van der Waals surface area contributed by atoms with E-state index in [0.717, 1.165) is 6.92 Å². The van der Waals surface area contributed by atoms with Gasteiger partial charge in [-0.25, -0.2) is 0 Å². The van der Waals surface area contributed by atoms with Crippen molar-refractivity contribution in [3.63, 3.8) is 0 Å². The van der Waals surface area contributed by atoms with Crippen molar-refractivity contribution < 1.29 is 103 Å². The van der Waals surface area contributed by atoms with E-state index >= 15 is 0 Å². The highest BCUT2D eigenvalue weighted by molar-refractivity contribution is 5.70. The number of hydrogen-bond donors (Lipinski definition) is 0. The summed E-state index contributed by atoms with van der Waals surface area (Å²) in [4.78, 5) is 22.8. The molecule has 1 rings (SSSR count). The van der Waals surface area contributed by atoms with Gasteiger partial charge in [0.15, 0.2) is 11.5 Å². The van der Waals surface area contributed by atoms with Crippen LogP contribution >= 0.6 is 0 Å². The van der Waals surface area contributed by atoms with Crippen LogP contribution in [0.5, 0.6) is 11.5 Å². The lowest BCUT2D eigenvalue weighted by molar-refractivity contribution is -0.396. The summed E-state index contributed by atoms with van der Waals surface area (Å²) in [6, 6.07) is 0.928. The maximum atomic E-state index is 13.9. The lowest BCUT2D eigenvalue weighted by atomic mass is 10.00. The topological polar surface area (TPSA) is 87.9 Å². The van der Waals surface area contributed by atoms with Crippen molar-refractivity contribution in [1.29, 1.82) is 0 Å². The van der Waals surface area contributed by atoms with Crippen LogP contribution in [-0.2, 0) is 9.53 Å². The van der Waals surface area contributed by atoms with Crippen molar-refractivity contribution in [2.75, 3.05) is 13.2 Å². The van der Waals surface area contributed by atoms with Crippen LogP contribution in [0.3, 0.4) is 0 Å². The molecule has 0 bridgehead atoms. The number of benzene rings is 1. The van der Waals surface area contributed by atoms with Gasteiger partial charge in [-0.1, -0.05) is 19.8 Å². The van der Waals surface area contributed by atoms with E-state index in [0.29, 0.717) is 31.4 Å². The monoisotopic (exact) mass is 817 g/mol. The summed E-state index contributed by atoms with van der Waals surface area (Å²) >= 11 is 0. The second-order valence-corrected chi connectivity index (χ2v) is 11.3. The molecule has 0 aliphatic heterocycles. The molecule has 0 amide bonds. The molecule has 0 saturated carbocycles. The van der Waals surface area contributed by atoms with Crippen molar-refractivity contribution in [3.8, 4) is 11.5 Å². The molecule has 0 N–H and O–H groups in total. The number of unbranched alkanes of at least 4 members (excludes halogenated alkanes) is 2. The number of ether oxygens (including phenoxy) is 3. The Balaban J connectivity index is 3.40. The van der Waals surface area contributed by atoms with E-state index in [2.05, 4.69) is 0 Å². The molecular weight excluding hydrogens is 788 g/mol. The molecule has 1 atom stereocenters. The van der Waals surface area contributed by atoms with Crippen LogP contribution < -0.4 is 9.47 Å². The minimum atomic E-state index is -7.22. The number of esters is 1. The highest BCUT2D eigenvalue weighted by Gasteiger charge is 2.82. The summed E-state index contributed by atoms with van der Waals surface area (Å²) in [5.41, 5.74) is -1.63. The first-order valence-corrected chi connectivity index (χ1v) is 14.9. The van der Waals surface area contributed by atoms with Crippen molar-refractivity contribution in [3.05, 3.63) is 27.8 Å². The van der Waals surface area contributed by atoms with E-state index in [-0.39, 0.29) is 6.42 Å². The van der Waals surface area contributed by atoms with Gasteiger partial charge in [0.2, 0.25) is 0 Å². The quantitative estimate of drug-likeness (QED) is 0.0404. The molecule has 0 spiro atoms. The number of nitro benzene ring substituents is 1. The highest BCUT2D eigenvalue weighted by atomic mass is 19.4. The largest absolute Gasteiger partial charge is 0.490 e. The molecule has 0 radical (unpaired) electrons. The van der Waals surface area contributed by atoms with Crippen LogP contribution in [0.25, 0.3) is 0 Å². The van der Waals surface area contributed by atoms with E-state index in [1.165, 1.54) is 0 Å². The standard InChI is InChI=1S/C28H29F18NO6/c1-3-4-5-8-20(48)53-15(2)16-13-18(51-11-6-9-21(29,30)23(33,34)25(37,38)27(41,42)43)19(14-17(16)47(49)50)52-12-7-10-22(31,32)24(35,36)26(39,40)28(44,45)46/h13-15H,3-12H2,1-2H3. The van der Waals surface area contributed by atoms with Crippen molar-refractivity contribution in [2.45, 2.75) is 119 Å². The Morgan fingerprint density at radius 3 is 1.42 bits per heavy atom. The van der Waals surface area contributed by atoms with Crippen LogP contribution in [0.4, 0.5) is 84.7 Å². The number of hydrogen-bond acceptors (Lipinski definition) is 6. The van der Waals surface area contributed by atoms with E-state index in [9.17, 15) is 93.9 Å². The smallest absolute Gasteiger partial charge is 0.460 e. The third kappa shape index (κ3) is 10.6. The lowest BCUT2D eigenvalue weighted by Gasteiger charge is -2.33. The normalized spacial score (nSPS) is 14.6. The van der Waals surface area contributed by atoms with E-state index in [1.54, 1.807) is 6.92 Å². The Labute approximate surface area is 287 Å². The van der Waals surface area contributed by atoms with Crippen molar-refractivity contribution >= 4 is 11.7 Å². The van der Waals surface area contributed by atoms with Crippen LogP contribution in [0, 0.1) is 10.1 Å². The molecule has 53 heavy (non-hydrogen) atoms. The molecule has 1 aromatic rings. The number of carbonyl (C=O) groups excluding carboxylic acids is 1. The summed E-state index contributed by atoms with van der Waals surface area (Å²) < 4.78 is 252. The number of carbonyl (C=O) groups is 1. The molecule has 0 aromatic heterocycles. The number of rotatable bonds is 21.